The van der Waals surface area contributed by atoms with Crippen molar-refractivity contribution in [3.63, 3.8) is 0 Å². The number of ether oxygens (including phenoxy) is 1. The molecule has 4 aromatic rings. The van der Waals surface area contributed by atoms with Crippen molar-refractivity contribution in [2.45, 2.75) is 19.0 Å². The van der Waals surface area contributed by atoms with Crippen LogP contribution >= 0.6 is 0 Å². The summed E-state index contributed by atoms with van der Waals surface area (Å²) in [6, 6.07) is 18.2. The molecule has 1 atom stereocenters. The average molecular weight is 525 g/mol. The van der Waals surface area contributed by atoms with Crippen LogP contribution in [0.3, 0.4) is 0 Å². The van der Waals surface area contributed by atoms with Gasteiger partial charge in [0.05, 0.1) is 5.56 Å². The van der Waals surface area contributed by atoms with Gasteiger partial charge in [0.2, 0.25) is 0 Å². The van der Waals surface area contributed by atoms with Crippen LogP contribution in [-0.4, -0.2) is 12.8 Å². The van der Waals surface area contributed by atoms with Crippen LogP contribution in [0.4, 0.5) is 22.0 Å². The molecule has 0 spiro atoms. The average Bonchev–Trinajstić information content (AvgIpc) is 2.90. The molecule has 0 saturated heterocycles. The Balaban J connectivity index is 1.47. The van der Waals surface area contributed by atoms with Crippen LogP contribution in [0, 0.1) is 28.8 Å². The predicted molar refractivity (Wildman–Crippen MR) is 138 cm³/mol. The second kappa shape index (κ2) is 11.6. The third-order valence-corrected chi connectivity index (χ3v) is 6.25. The standard InChI is InChI=1S/C30H25F5N2O/c31-24-10-5-21(6-11-24)26-13-7-22(15-28(26)32)27-14-12-25(16-29(27)33)38-30(34,35)23-8-3-19(4-9-23)1-2-20(17-36)18-37/h3-17,20,36H,1-2,18,37H2. The molecule has 0 heterocycles. The van der Waals surface area contributed by atoms with Gasteiger partial charge in [-0.3, -0.25) is 0 Å². The molecule has 38 heavy (non-hydrogen) atoms. The topological polar surface area (TPSA) is 59.1 Å². The van der Waals surface area contributed by atoms with Crippen molar-refractivity contribution < 1.29 is 26.7 Å². The van der Waals surface area contributed by atoms with Gasteiger partial charge in [-0.2, -0.15) is 8.78 Å². The fourth-order valence-corrected chi connectivity index (χ4v) is 4.03. The first-order valence-electron chi connectivity index (χ1n) is 11.9. The third-order valence-electron chi connectivity index (χ3n) is 6.25. The summed E-state index contributed by atoms with van der Waals surface area (Å²) < 4.78 is 77.1. The van der Waals surface area contributed by atoms with Gasteiger partial charge in [-0.25, -0.2) is 13.2 Å². The minimum atomic E-state index is -3.72. The van der Waals surface area contributed by atoms with Gasteiger partial charge in [-0.1, -0.05) is 36.4 Å². The second-order valence-electron chi connectivity index (χ2n) is 8.86. The summed E-state index contributed by atoms with van der Waals surface area (Å²) in [6.07, 6.45) is -1.22. The maximum absolute atomic E-state index is 14.9. The molecule has 4 aromatic carbocycles. The van der Waals surface area contributed by atoms with E-state index in [1.807, 2.05) is 0 Å². The zero-order valence-corrected chi connectivity index (χ0v) is 20.2. The highest BCUT2D eigenvalue weighted by Crippen LogP contribution is 2.35. The van der Waals surface area contributed by atoms with Gasteiger partial charge in [0, 0.05) is 29.7 Å². The lowest BCUT2D eigenvalue weighted by Crippen LogP contribution is -2.22. The molecular formula is C30H25F5N2O. The van der Waals surface area contributed by atoms with Gasteiger partial charge in [-0.05, 0) is 78.2 Å². The Kier molecular flexibility index (Phi) is 8.22. The predicted octanol–water partition coefficient (Wildman–Crippen LogP) is 7.72. The number of hydrogen-bond donors (Lipinski definition) is 2. The van der Waals surface area contributed by atoms with Crippen LogP contribution in [0.2, 0.25) is 0 Å². The van der Waals surface area contributed by atoms with E-state index >= 15 is 0 Å². The van der Waals surface area contributed by atoms with E-state index < -0.39 is 29.1 Å². The van der Waals surface area contributed by atoms with E-state index in [9.17, 15) is 22.0 Å². The van der Waals surface area contributed by atoms with E-state index in [0.717, 1.165) is 17.7 Å². The van der Waals surface area contributed by atoms with E-state index in [1.165, 1.54) is 66.9 Å². The molecule has 0 saturated carbocycles. The summed E-state index contributed by atoms with van der Waals surface area (Å²) in [5.74, 6) is -2.40. The molecule has 1 unspecified atom stereocenters. The summed E-state index contributed by atoms with van der Waals surface area (Å²) in [7, 11) is 0. The van der Waals surface area contributed by atoms with Crippen LogP contribution in [0.1, 0.15) is 17.5 Å². The highest BCUT2D eigenvalue weighted by atomic mass is 19.3. The van der Waals surface area contributed by atoms with Crippen molar-refractivity contribution in [3.8, 4) is 28.0 Å². The number of benzene rings is 4. The lowest BCUT2D eigenvalue weighted by molar-refractivity contribution is -0.185. The van der Waals surface area contributed by atoms with Crippen LogP contribution < -0.4 is 10.5 Å². The van der Waals surface area contributed by atoms with Crippen LogP contribution in [0.25, 0.3) is 22.3 Å². The SMILES string of the molecule is N=CC(CN)CCc1ccc(C(F)(F)Oc2ccc(-c3ccc(-c4ccc(F)cc4)c(F)c3)c(F)c2)cc1. The van der Waals surface area contributed by atoms with Crippen LogP contribution in [-0.2, 0) is 12.5 Å². The number of alkyl halides is 2. The number of nitrogens with one attached hydrogen (secondary N) is 1. The Morgan fingerprint density at radius 2 is 1.39 bits per heavy atom. The smallest absolute Gasteiger partial charge is 0.426 e. The molecule has 3 N–H and O–H groups in total. The molecule has 4 rings (SSSR count). The zero-order valence-electron chi connectivity index (χ0n) is 20.2. The van der Waals surface area contributed by atoms with Crippen molar-refractivity contribution in [1.82, 2.24) is 0 Å². The number of nitrogens with two attached hydrogens (primary N) is 1. The molecule has 0 aromatic heterocycles. The third kappa shape index (κ3) is 6.26. The first-order valence-corrected chi connectivity index (χ1v) is 11.9. The zero-order chi connectivity index (χ0) is 27.3. The normalized spacial score (nSPS) is 12.3. The molecule has 0 aliphatic carbocycles. The minimum absolute atomic E-state index is 0.00952. The lowest BCUT2D eigenvalue weighted by Gasteiger charge is -2.19. The fraction of sp³-hybridized carbons (Fsp3) is 0.167. The van der Waals surface area contributed by atoms with Crippen molar-refractivity contribution >= 4 is 6.21 Å². The number of rotatable bonds is 10. The van der Waals surface area contributed by atoms with Crippen LogP contribution in [0.5, 0.6) is 5.75 Å². The van der Waals surface area contributed by atoms with E-state index in [1.54, 1.807) is 12.1 Å². The summed E-state index contributed by atoms with van der Waals surface area (Å²) in [6.45, 7) is 0.346. The molecule has 8 heteroatoms. The van der Waals surface area contributed by atoms with Gasteiger partial charge in [0.15, 0.2) is 0 Å². The van der Waals surface area contributed by atoms with Gasteiger partial charge < -0.3 is 15.9 Å². The van der Waals surface area contributed by atoms with Crippen molar-refractivity contribution in [3.05, 3.63) is 114 Å². The van der Waals surface area contributed by atoms with E-state index in [4.69, 9.17) is 15.9 Å². The molecule has 3 nitrogen and oxygen atoms in total. The van der Waals surface area contributed by atoms with Gasteiger partial charge in [-0.15, -0.1) is 0 Å². The maximum atomic E-state index is 14.9. The van der Waals surface area contributed by atoms with Crippen LogP contribution in [0.15, 0.2) is 84.9 Å². The maximum Gasteiger partial charge on any atom is 0.426 e. The number of halogens is 5. The quantitative estimate of drug-likeness (QED) is 0.165. The summed E-state index contributed by atoms with van der Waals surface area (Å²) in [5, 5.41) is 7.31. The Hall–Kier alpha value is -4.04. The molecule has 0 aliphatic rings. The minimum Gasteiger partial charge on any atom is -0.429 e. The van der Waals surface area contributed by atoms with E-state index in [0.29, 0.717) is 24.9 Å². The molecule has 196 valence electrons. The Bertz CT molecular complexity index is 1410. The monoisotopic (exact) mass is 524 g/mol. The Morgan fingerprint density at radius 1 is 0.789 bits per heavy atom. The molecule has 0 bridgehead atoms. The number of aryl methyl sites for hydroxylation is 1. The Morgan fingerprint density at radius 3 is 2.00 bits per heavy atom. The fourth-order valence-electron chi connectivity index (χ4n) is 4.03. The second-order valence-corrected chi connectivity index (χ2v) is 8.86. The molecular weight excluding hydrogens is 499 g/mol. The lowest BCUT2D eigenvalue weighted by atomic mass is 9.99. The largest absolute Gasteiger partial charge is 0.429 e. The van der Waals surface area contributed by atoms with Gasteiger partial charge in [0.1, 0.15) is 23.2 Å². The van der Waals surface area contributed by atoms with E-state index in [2.05, 4.69) is 0 Å². The summed E-state index contributed by atoms with van der Waals surface area (Å²) in [5.41, 5.74) is 6.89. The van der Waals surface area contributed by atoms with E-state index in [-0.39, 0.29) is 28.4 Å². The van der Waals surface area contributed by atoms with Crippen molar-refractivity contribution in [1.29, 1.82) is 5.41 Å². The van der Waals surface area contributed by atoms with Gasteiger partial charge >= 0.3 is 6.11 Å². The van der Waals surface area contributed by atoms with Gasteiger partial charge in [0.25, 0.3) is 0 Å². The summed E-state index contributed by atoms with van der Waals surface area (Å²) >= 11 is 0. The Labute approximate surface area is 217 Å². The highest BCUT2D eigenvalue weighted by Gasteiger charge is 2.34. The first-order chi connectivity index (χ1) is 18.2. The molecule has 0 aliphatic heterocycles. The molecule has 0 radical (unpaired) electrons. The molecule has 0 fully saturated rings. The summed E-state index contributed by atoms with van der Waals surface area (Å²) in [4.78, 5) is 0. The van der Waals surface area contributed by atoms with Crippen molar-refractivity contribution in [2.75, 3.05) is 6.54 Å². The van der Waals surface area contributed by atoms with Crippen molar-refractivity contribution in [2.24, 2.45) is 11.7 Å². The first kappa shape index (κ1) is 27.0. The highest BCUT2D eigenvalue weighted by molar-refractivity contribution is 5.71. The molecule has 0 amide bonds. The number of hydrogen-bond acceptors (Lipinski definition) is 3.